The summed E-state index contributed by atoms with van der Waals surface area (Å²) >= 11 is 5.91. The van der Waals surface area contributed by atoms with Gasteiger partial charge in [-0.2, -0.15) is 0 Å². The van der Waals surface area contributed by atoms with Crippen molar-refractivity contribution in [2.24, 2.45) is 17.6 Å². The Bertz CT molecular complexity index is 571. The third-order valence-corrected chi connectivity index (χ3v) is 6.83. The molecule has 20 heavy (non-hydrogen) atoms. The summed E-state index contributed by atoms with van der Waals surface area (Å²) in [5, 5.41) is -0.0574. The molecule has 1 aromatic carbocycles. The lowest BCUT2D eigenvalue weighted by molar-refractivity contribution is 0.261. The first-order valence-electron chi connectivity index (χ1n) is 7.07. The van der Waals surface area contributed by atoms with Crippen molar-refractivity contribution >= 4 is 21.4 Å². The molecule has 1 aliphatic carbocycles. The molecule has 3 atom stereocenters. The van der Waals surface area contributed by atoms with Crippen molar-refractivity contribution < 1.29 is 8.42 Å². The van der Waals surface area contributed by atoms with Crippen LogP contribution in [-0.4, -0.2) is 19.7 Å². The lowest BCUT2D eigenvalue weighted by Gasteiger charge is -2.35. The van der Waals surface area contributed by atoms with Gasteiger partial charge in [-0.1, -0.05) is 31.5 Å². The number of rotatable bonds is 3. The summed E-state index contributed by atoms with van der Waals surface area (Å²) in [4.78, 5) is 0.287. The molecular formula is C15H22ClNO2S. The summed E-state index contributed by atoms with van der Waals surface area (Å²) in [5.41, 5.74) is 6.09. The Labute approximate surface area is 126 Å². The molecule has 3 unspecified atom stereocenters. The van der Waals surface area contributed by atoms with Crippen molar-refractivity contribution in [2.75, 3.05) is 0 Å². The third kappa shape index (κ3) is 3.18. The van der Waals surface area contributed by atoms with Crippen molar-refractivity contribution in [1.29, 1.82) is 0 Å². The maximum absolute atomic E-state index is 12.8. The zero-order valence-corrected chi connectivity index (χ0v) is 13.5. The highest BCUT2D eigenvalue weighted by Crippen LogP contribution is 2.35. The molecule has 5 heteroatoms. The number of benzene rings is 1. The van der Waals surface area contributed by atoms with Crippen LogP contribution in [0, 0.1) is 11.8 Å². The predicted molar refractivity (Wildman–Crippen MR) is 82.6 cm³/mol. The first kappa shape index (κ1) is 15.8. The average Bonchev–Trinajstić information content (AvgIpc) is 2.38. The van der Waals surface area contributed by atoms with Gasteiger partial charge < -0.3 is 5.73 Å². The molecule has 112 valence electrons. The van der Waals surface area contributed by atoms with Crippen LogP contribution in [0.3, 0.4) is 0 Å². The molecule has 1 aromatic rings. The quantitative estimate of drug-likeness (QED) is 0.931. The second-order valence-corrected chi connectivity index (χ2v) is 8.63. The van der Waals surface area contributed by atoms with E-state index in [0.29, 0.717) is 23.3 Å². The molecule has 0 spiro atoms. The summed E-state index contributed by atoms with van der Waals surface area (Å²) in [6.07, 6.45) is 2.43. The molecule has 1 aliphatic rings. The molecule has 3 nitrogen and oxygen atoms in total. The van der Waals surface area contributed by atoms with Gasteiger partial charge in [-0.25, -0.2) is 8.42 Å². The van der Waals surface area contributed by atoms with Gasteiger partial charge >= 0.3 is 0 Å². The maximum Gasteiger partial charge on any atom is 0.182 e. The predicted octanol–water partition coefficient (Wildman–Crippen LogP) is 3.27. The van der Waals surface area contributed by atoms with E-state index in [0.717, 1.165) is 12.8 Å². The number of sulfone groups is 1. The number of nitrogens with two attached hydrogens (primary N) is 1. The third-order valence-electron chi connectivity index (χ3n) is 4.35. The molecule has 1 saturated carbocycles. The molecule has 1 fully saturated rings. The van der Waals surface area contributed by atoms with Crippen LogP contribution in [0.1, 0.15) is 33.1 Å². The van der Waals surface area contributed by atoms with E-state index in [2.05, 4.69) is 13.8 Å². The highest BCUT2D eigenvalue weighted by atomic mass is 35.5. The Morgan fingerprint density at radius 2 is 2.00 bits per heavy atom. The molecule has 2 rings (SSSR count). The highest BCUT2D eigenvalue weighted by Gasteiger charge is 2.38. The van der Waals surface area contributed by atoms with Crippen LogP contribution in [-0.2, 0) is 9.84 Å². The molecule has 0 bridgehead atoms. The maximum atomic E-state index is 12.8. The lowest BCUT2D eigenvalue weighted by Crippen LogP contribution is -2.45. The van der Waals surface area contributed by atoms with E-state index in [1.807, 2.05) is 0 Å². The van der Waals surface area contributed by atoms with Crippen LogP contribution in [0.4, 0.5) is 0 Å². The molecule has 2 N–H and O–H groups in total. The molecule has 0 aliphatic heterocycles. The minimum atomic E-state index is -3.41. The molecular weight excluding hydrogens is 294 g/mol. The first-order valence-corrected chi connectivity index (χ1v) is 9.00. The van der Waals surface area contributed by atoms with Crippen molar-refractivity contribution in [3.05, 3.63) is 29.3 Å². The molecule has 0 amide bonds. The molecule has 0 aromatic heterocycles. The van der Waals surface area contributed by atoms with Gasteiger partial charge in [0.2, 0.25) is 0 Å². The zero-order valence-electron chi connectivity index (χ0n) is 11.9. The molecule has 0 saturated heterocycles. The monoisotopic (exact) mass is 315 g/mol. The highest BCUT2D eigenvalue weighted by molar-refractivity contribution is 7.92. The fourth-order valence-corrected chi connectivity index (χ4v) is 5.23. The summed E-state index contributed by atoms with van der Waals surface area (Å²) in [6, 6.07) is 6.19. The van der Waals surface area contributed by atoms with E-state index in [9.17, 15) is 8.42 Å². The second-order valence-electron chi connectivity index (χ2n) is 6.02. The minimum Gasteiger partial charge on any atom is -0.327 e. The largest absolute Gasteiger partial charge is 0.327 e. The van der Waals surface area contributed by atoms with Crippen molar-refractivity contribution in [1.82, 2.24) is 0 Å². The van der Waals surface area contributed by atoms with Gasteiger partial charge in [0.05, 0.1) is 10.1 Å². The fraction of sp³-hybridized carbons (Fsp3) is 0.600. The van der Waals surface area contributed by atoms with Crippen LogP contribution >= 0.6 is 11.6 Å². The van der Waals surface area contributed by atoms with Crippen LogP contribution in [0.5, 0.6) is 0 Å². The first-order chi connectivity index (χ1) is 9.32. The van der Waals surface area contributed by atoms with Gasteiger partial charge in [0.15, 0.2) is 9.84 Å². The number of halogens is 1. The van der Waals surface area contributed by atoms with Crippen molar-refractivity contribution in [3.8, 4) is 0 Å². The molecule has 0 radical (unpaired) electrons. The fourth-order valence-electron chi connectivity index (χ4n) is 2.96. The van der Waals surface area contributed by atoms with Gasteiger partial charge in [0.1, 0.15) is 0 Å². The Balaban J connectivity index is 2.32. The average molecular weight is 316 g/mol. The summed E-state index contributed by atoms with van der Waals surface area (Å²) < 4.78 is 25.6. The van der Waals surface area contributed by atoms with Crippen molar-refractivity contribution in [2.45, 2.75) is 49.3 Å². The van der Waals surface area contributed by atoms with Gasteiger partial charge in [-0.05, 0) is 49.3 Å². The van der Waals surface area contributed by atoms with Gasteiger partial charge in [-0.15, -0.1) is 0 Å². The lowest BCUT2D eigenvalue weighted by atomic mass is 9.79. The zero-order chi connectivity index (χ0) is 14.9. The topological polar surface area (TPSA) is 60.2 Å². The standard InChI is InChI=1S/C15H22ClNO2S/c1-10(2)11-6-7-14(17)15(8-11)20(18,19)13-5-3-4-12(16)9-13/h3-5,9-11,14-15H,6-8,17H2,1-2H3. The second kappa shape index (κ2) is 6.04. The Morgan fingerprint density at radius 1 is 1.30 bits per heavy atom. The summed E-state index contributed by atoms with van der Waals surface area (Å²) in [5.74, 6) is 0.910. The van der Waals surface area contributed by atoms with E-state index < -0.39 is 15.1 Å². The summed E-state index contributed by atoms with van der Waals surface area (Å²) in [6.45, 7) is 4.29. The van der Waals surface area contributed by atoms with E-state index in [-0.39, 0.29) is 10.9 Å². The van der Waals surface area contributed by atoms with Crippen LogP contribution in [0.2, 0.25) is 5.02 Å². The van der Waals surface area contributed by atoms with Gasteiger partial charge in [0, 0.05) is 11.1 Å². The Hall–Kier alpha value is -0.580. The molecule has 0 heterocycles. The smallest absolute Gasteiger partial charge is 0.182 e. The van der Waals surface area contributed by atoms with Crippen LogP contribution in [0.25, 0.3) is 0 Å². The van der Waals surface area contributed by atoms with Gasteiger partial charge in [0.25, 0.3) is 0 Å². The summed E-state index contributed by atoms with van der Waals surface area (Å²) in [7, 11) is -3.41. The van der Waals surface area contributed by atoms with E-state index in [1.165, 1.54) is 6.07 Å². The number of hydrogen-bond donors (Lipinski definition) is 1. The van der Waals surface area contributed by atoms with Gasteiger partial charge in [-0.3, -0.25) is 0 Å². The minimum absolute atomic E-state index is 0.283. The van der Waals surface area contributed by atoms with E-state index in [4.69, 9.17) is 17.3 Å². The Kier molecular flexibility index (Phi) is 4.77. The SMILES string of the molecule is CC(C)C1CCC(N)C(S(=O)(=O)c2cccc(Cl)c2)C1. The van der Waals surface area contributed by atoms with Crippen LogP contribution in [0.15, 0.2) is 29.2 Å². The van der Waals surface area contributed by atoms with E-state index >= 15 is 0 Å². The normalized spacial score (nSPS) is 27.8. The van der Waals surface area contributed by atoms with E-state index in [1.54, 1.807) is 18.2 Å². The Morgan fingerprint density at radius 3 is 2.60 bits per heavy atom. The number of hydrogen-bond acceptors (Lipinski definition) is 3. The van der Waals surface area contributed by atoms with Crippen molar-refractivity contribution in [3.63, 3.8) is 0 Å². The van der Waals surface area contributed by atoms with Crippen LogP contribution < -0.4 is 5.73 Å².